The van der Waals surface area contributed by atoms with Crippen LogP contribution in [0.4, 0.5) is 9.18 Å². The monoisotopic (exact) mass is 399 g/mol. The van der Waals surface area contributed by atoms with Gasteiger partial charge in [0.2, 0.25) is 0 Å². The molecule has 1 heterocycles. The smallest absolute Gasteiger partial charge is 0.408 e. The van der Waals surface area contributed by atoms with Gasteiger partial charge < -0.3 is 9.67 Å². The summed E-state index contributed by atoms with van der Waals surface area (Å²) >= 11 is 3.31. The fourth-order valence-electron chi connectivity index (χ4n) is 3.12. The Morgan fingerprint density at radius 2 is 1.92 bits per heavy atom. The number of benzene rings is 1. The van der Waals surface area contributed by atoms with Gasteiger partial charge in [-0.2, -0.15) is 0 Å². The van der Waals surface area contributed by atoms with Crippen LogP contribution in [0.15, 0.2) is 16.6 Å². The van der Waals surface area contributed by atoms with Gasteiger partial charge in [0.15, 0.2) is 5.82 Å². The summed E-state index contributed by atoms with van der Waals surface area (Å²) in [5.74, 6) is 0.110. The second-order valence-corrected chi connectivity index (χ2v) is 8.10. The molecule has 0 radical (unpaired) electrons. The van der Waals surface area contributed by atoms with E-state index in [9.17, 15) is 14.3 Å². The second kappa shape index (κ2) is 6.35. The van der Waals surface area contributed by atoms with E-state index in [2.05, 4.69) is 20.9 Å². The summed E-state index contributed by atoms with van der Waals surface area (Å²) in [6.45, 7) is 11.2. The molecule has 132 valence electrons. The normalized spacial score (nSPS) is 13.5. The van der Waals surface area contributed by atoms with E-state index < -0.39 is 23.5 Å². The zero-order valence-electron chi connectivity index (χ0n) is 14.8. The number of carboxylic acid groups (broad SMARTS) is 1. The number of carbonyl (C=O) groups is 1. The number of aromatic nitrogens is 2. The Morgan fingerprint density at radius 1 is 1.33 bits per heavy atom. The van der Waals surface area contributed by atoms with Crippen LogP contribution in [0.1, 0.15) is 59.5 Å². The van der Waals surface area contributed by atoms with Crippen molar-refractivity contribution in [1.29, 1.82) is 0 Å². The molecule has 0 spiro atoms. The van der Waals surface area contributed by atoms with Crippen LogP contribution in [0.3, 0.4) is 0 Å². The third-order valence-corrected chi connectivity index (χ3v) is 4.40. The van der Waals surface area contributed by atoms with Crippen LogP contribution >= 0.6 is 15.9 Å². The van der Waals surface area contributed by atoms with Gasteiger partial charge in [-0.25, -0.2) is 14.2 Å². The molecule has 1 N–H and O–H groups in total. The summed E-state index contributed by atoms with van der Waals surface area (Å²) in [7, 11) is 0. The molecule has 24 heavy (non-hydrogen) atoms. The van der Waals surface area contributed by atoms with Gasteiger partial charge >= 0.3 is 6.09 Å². The average molecular weight is 400 g/mol. The van der Waals surface area contributed by atoms with Gasteiger partial charge in [0.25, 0.3) is 0 Å². The zero-order valence-corrected chi connectivity index (χ0v) is 16.3. The Labute approximate surface area is 149 Å². The Kier molecular flexibility index (Phi) is 4.95. The standard InChI is InChI=1S/C17H23BrFN3O2/c1-9(2)21-13-8-11(18)7-12(19)14(13)20-15(21)10(3)22(16(23)24)17(4,5)6/h7-10H,1-6H3,(H,23,24). The van der Waals surface area contributed by atoms with Gasteiger partial charge in [-0.3, -0.25) is 4.90 Å². The number of fused-ring (bicyclic) bond motifs is 1. The highest BCUT2D eigenvalue weighted by atomic mass is 79.9. The molecule has 0 bridgehead atoms. The van der Waals surface area contributed by atoms with Crippen molar-refractivity contribution in [2.75, 3.05) is 0 Å². The van der Waals surface area contributed by atoms with E-state index in [0.717, 1.165) is 0 Å². The molecular weight excluding hydrogens is 377 g/mol. The molecule has 1 aromatic carbocycles. The molecule has 0 aliphatic carbocycles. The van der Waals surface area contributed by atoms with E-state index in [0.29, 0.717) is 15.8 Å². The Morgan fingerprint density at radius 3 is 2.38 bits per heavy atom. The van der Waals surface area contributed by atoms with Gasteiger partial charge in [-0.15, -0.1) is 0 Å². The molecule has 0 fully saturated rings. The van der Waals surface area contributed by atoms with Crippen LogP contribution in [-0.2, 0) is 0 Å². The minimum atomic E-state index is -1.03. The van der Waals surface area contributed by atoms with E-state index in [1.807, 2.05) is 45.3 Å². The molecule has 0 aliphatic rings. The number of hydrogen-bond donors (Lipinski definition) is 1. The Balaban J connectivity index is 2.73. The maximum Gasteiger partial charge on any atom is 0.408 e. The lowest BCUT2D eigenvalue weighted by molar-refractivity contribution is 0.0714. The molecule has 2 rings (SSSR count). The van der Waals surface area contributed by atoms with Crippen LogP contribution in [-0.4, -0.2) is 31.2 Å². The zero-order chi connectivity index (χ0) is 18.4. The van der Waals surface area contributed by atoms with E-state index in [4.69, 9.17) is 0 Å². The molecule has 0 aliphatic heterocycles. The molecule has 5 nitrogen and oxygen atoms in total. The highest BCUT2D eigenvalue weighted by Crippen LogP contribution is 2.33. The van der Waals surface area contributed by atoms with Crippen molar-refractivity contribution in [3.05, 3.63) is 28.2 Å². The summed E-state index contributed by atoms with van der Waals surface area (Å²) in [5.41, 5.74) is 0.301. The first kappa shape index (κ1) is 18.7. The number of nitrogens with zero attached hydrogens (tertiary/aromatic N) is 3. The fourth-order valence-corrected chi connectivity index (χ4v) is 3.54. The Bertz CT molecular complexity index is 780. The van der Waals surface area contributed by atoms with Crippen LogP contribution < -0.4 is 0 Å². The predicted molar refractivity (Wildman–Crippen MR) is 95.8 cm³/mol. The van der Waals surface area contributed by atoms with E-state index in [1.165, 1.54) is 11.0 Å². The number of imidazole rings is 1. The summed E-state index contributed by atoms with van der Waals surface area (Å²) in [6.07, 6.45) is -1.03. The molecule has 0 saturated heterocycles. The summed E-state index contributed by atoms with van der Waals surface area (Å²) in [4.78, 5) is 17.6. The van der Waals surface area contributed by atoms with Crippen molar-refractivity contribution in [2.24, 2.45) is 0 Å². The quantitative estimate of drug-likeness (QED) is 0.755. The third kappa shape index (κ3) is 3.27. The minimum Gasteiger partial charge on any atom is -0.465 e. The number of rotatable bonds is 3. The van der Waals surface area contributed by atoms with Crippen molar-refractivity contribution in [3.8, 4) is 0 Å². The average Bonchev–Trinajstić information content (AvgIpc) is 2.75. The first-order chi connectivity index (χ1) is 10.9. The molecule has 1 atom stereocenters. The lowest BCUT2D eigenvalue weighted by atomic mass is 10.0. The van der Waals surface area contributed by atoms with Gasteiger partial charge in [0.1, 0.15) is 11.3 Å². The lowest BCUT2D eigenvalue weighted by Gasteiger charge is -2.38. The third-order valence-electron chi connectivity index (χ3n) is 3.95. The molecule has 7 heteroatoms. The molecule has 1 unspecified atom stereocenters. The number of hydrogen-bond acceptors (Lipinski definition) is 2. The van der Waals surface area contributed by atoms with E-state index in [-0.39, 0.29) is 11.6 Å². The van der Waals surface area contributed by atoms with Gasteiger partial charge in [-0.1, -0.05) is 15.9 Å². The second-order valence-electron chi connectivity index (χ2n) is 7.19. The molecular formula is C17H23BrFN3O2. The first-order valence-electron chi connectivity index (χ1n) is 7.84. The van der Waals surface area contributed by atoms with E-state index in [1.54, 1.807) is 6.92 Å². The molecule has 1 amide bonds. The largest absolute Gasteiger partial charge is 0.465 e. The van der Waals surface area contributed by atoms with Crippen molar-refractivity contribution in [3.63, 3.8) is 0 Å². The summed E-state index contributed by atoms with van der Waals surface area (Å²) in [5, 5.41) is 9.65. The topological polar surface area (TPSA) is 58.4 Å². The van der Waals surface area contributed by atoms with Gasteiger partial charge in [-0.05, 0) is 53.7 Å². The van der Waals surface area contributed by atoms with Gasteiger partial charge in [0.05, 0.1) is 11.6 Å². The molecule has 2 aromatic rings. The van der Waals surface area contributed by atoms with Crippen LogP contribution in [0.5, 0.6) is 0 Å². The maximum absolute atomic E-state index is 14.3. The predicted octanol–water partition coefficient (Wildman–Crippen LogP) is 5.36. The van der Waals surface area contributed by atoms with Gasteiger partial charge in [0, 0.05) is 16.1 Å². The summed E-state index contributed by atoms with van der Waals surface area (Å²) in [6, 6.07) is 2.67. The number of amides is 1. The lowest BCUT2D eigenvalue weighted by Crippen LogP contribution is -2.47. The first-order valence-corrected chi connectivity index (χ1v) is 8.63. The van der Waals surface area contributed by atoms with E-state index >= 15 is 0 Å². The number of halogens is 2. The van der Waals surface area contributed by atoms with Crippen LogP contribution in [0, 0.1) is 5.82 Å². The van der Waals surface area contributed by atoms with Crippen molar-refractivity contribution in [1.82, 2.24) is 14.5 Å². The fraction of sp³-hybridized carbons (Fsp3) is 0.529. The highest BCUT2D eigenvalue weighted by molar-refractivity contribution is 9.10. The van der Waals surface area contributed by atoms with Crippen molar-refractivity contribution in [2.45, 2.75) is 59.2 Å². The molecule has 0 saturated carbocycles. The SMILES string of the molecule is CC(c1nc2c(F)cc(Br)cc2n1C(C)C)N(C(=O)O)C(C)(C)C. The van der Waals surface area contributed by atoms with Crippen molar-refractivity contribution >= 4 is 33.1 Å². The highest BCUT2D eigenvalue weighted by Gasteiger charge is 2.35. The van der Waals surface area contributed by atoms with Crippen molar-refractivity contribution < 1.29 is 14.3 Å². The van der Waals surface area contributed by atoms with Crippen LogP contribution in [0.25, 0.3) is 11.0 Å². The summed E-state index contributed by atoms with van der Waals surface area (Å²) < 4.78 is 16.8. The Hall–Kier alpha value is -1.63. The maximum atomic E-state index is 14.3. The minimum absolute atomic E-state index is 0.0109. The molecule has 1 aromatic heterocycles. The van der Waals surface area contributed by atoms with Crippen LogP contribution in [0.2, 0.25) is 0 Å².